The van der Waals surface area contributed by atoms with Crippen LogP contribution in [0.25, 0.3) is 0 Å². The Kier molecular flexibility index (Phi) is 2.86. The van der Waals surface area contributed by atoms with E-state index in [9.17, 15) is 0 Å². The normalized spacial score (nSPS) is 30.7. The first-order valence-corrected chi connectivity index (χ1v) is 4.83. The van der Waals surface area contributed by atoms with Gasteiger partial charge in [-0.1, -0.05) is 0 Å². The Morgan fingerprint density at radius 1 is 1.56 bits per heavy atom. The second-order valence-electron chi connectivity index (χ2n) is 2.76. The zero-order chi connectivity index (χ0) is 6.69. The van der Waals surface area contributed by atoms with Gasteiger partial charge in [0.05, 0.1) is 0 Å². The molecule has 0 aliphatic carbocycles. The summed E-state index contributed by atoms with van der Waals surface area (Å²) in [5.74, 6) is 0. The molecule has 1 rings (SSSR count). The third kappa shape index (κ3) is 2.18. The summed E-state index contributed by atoms with van der Waals surface area (Å²) in [5.41, 5.74) is 0. The topological polar surface area (TPSA) is 3.24 Å². The molecule has 0 N–H and O–H groups in total. The molecule has 1 saturated heterocycles. The summed E-state index contributed by atoms with van der Waals surface area (Å²) in [4.78, 5) is 2.42. The average Bonchev–Trinajstić information content (AvgIpc) is 1.88. The van der Waals surface area contributed by atoms with E-state index in [1.807, 2.05) is 11.8 Å². The predicted molar refractivity (Wildman–Crippen MR) is 44.0 cm³/mol. The second kappa shape index (κ2) is 3.47. The van der Waals surface area contributed by atoms with Crippen molar-refractivity contribution in [2.75, 3.05) is 26.4 Å². The molecule has 0 aromatic heterocycles. The fourth-order valence-electron chi connectivity index (χ4n) is 1.31. The first kappa shape index (κ1) is 7.42. The molecule has 1 atom stereocenters. The number of rotatable bonds is 1. The van der Waals surface area contributed by atoms with Crippen molar-refractivity contribution >= 4 is 11.8 Å². The van der Waals surface area contributed by atoms with E-state index >= 15 is 0 Å². The minimum atomic E-state index is 0.906. The molecule has 1 aliphatic heterocycles. The summed E-state index contributed by atoms with van der Waals surface area (Å²) in [7, 11) is 2.21. The van der Waals surface area contributed by atoms with E-state index in [1.165, 1.54) is 25.9 Å². The maximum atomic E-state index is 2.42. The molecule has 0 unspecified atom stereocenters. The molecule has 0 aromatic rings. The van der Waals surface area contributed by atoms with Gasteiger partial charge in [0.25, 0.3) is 0 Å². The lowest BCUT2D eigenvalue weighted by atomic mass is 10.1. The molecule has 9 heavy (non-hydrogen) atoms. The predicted octanol–water partition coefficient (Wildman–Crippen LogP) is 1.44. The van der Waals surface area contributed by atoms with Crippen LogP contribution in [0.5, 0.6) is 0 Å². The van der Waals surface area contributed by atoms with Gasteiger partial charge < -0.3 is 4.90 Å². The van der Waals surface area contributed by atoms with Gasteiger partial charge in [-0.05, 0) is 32.7 Å². The fourth-order valence-corrected chi connectivity index (χ4v) is 2.12. The van der Waals surface area contributed by atoms with Crippen LogP contribution in [0.4, 0.5) is 0 Å². The van der Waals surface area contributed by atoms with Crippen molar-refractivity contribution in [2.24, 2.45) is 0 Å². The Bertz CT molecular complexity index is 85.0. The number of hydrogen-bond acceptors (Lipinski definition) is 2. The Morgan fingerprint density at radius 2 is 2.33 bits per heavy atom. The molecule has 0 radical (unpaired) electrons. The first-order valence-electron chi connectivity index (χ1n) is 3.54. The van der Waals surface area contributed by atoms with Crippen molar-refractivity contribution in [2.45, 2.75) is 18.1 Å². The summed E-state index contributed by atoms with van der Waals surface area (Å²) < 4.78 is 0. The molecular weight excluding hydrogens is 130 g/mol. The highest BCUT2D eigenvalue weighted by molar-refractivity contribution is 7.99. The summed E-state index contributed by atoms with van der Waals surface area (Å²) in [6, 6.07) is 0. The average molecular weight is 145 g/mol. The molecule has 0 bridgehead atoms. The molecule has 2 heteroatoms. The first-order chi connectivity index (χ1) is 4.33. The molecule has 0 saturated carbocycles. The molecule has 0 spiro atoms. The van der Waals surface area contributed by atoms with Crippen LogP contribution in [0.15, 0.2) is 0 Å². The van der Waals surface area contributed by atoms with Gasteiger partial charge in [0.15, 0.2) is 0 Å². The van der Waals surface area contributed by atoms with Gasteiger partial charge >= 0.3 is 0 Å². The van der Waals surface area contributed by atoms with E-state index in [-0.39, 0.29) is 0 Å². The second-order valence-corrected chi connectivity index (χ2v) is 3.90. The molecule has 0 amide bonds. The Labute approximate surface area is 61.8 Å². The van der Waals surface area contributed by atoms with E-state index in [4.69, 9.17) is 0 Å². The minimum Gasteiger partial charge on any atom is -0.305 e. The van der Waals surface area contributed by atoms with Crippen molar-refractivity contribution in [1.82, 2.24) is 4.90 Å². The van der Waals surface area contributed by atoms with Crippen molar-refractivity contribution in [3.8, 4) is 0 Å². The number of thioether (sulfide) groups is 1. The van der Waals surface area contributed by atoms with E-state index in [0.717, 1.165) is 5.25 Å². The highest BCUT2D eigenvalue weighted by Gasteiger charge is 2.14. The molecule has 54 valence electrons. The van der Waals surface area contributed by atoms with E-state index in [0.29, 0.717) is 0 Å². The maximum absolute atomic E-state index is 2.42. The van der Waals surface area contributed by atoms with Crippen LogP contribution in [0.3, 0.4) is 0 Å². The van der Waals surface area contributed by atoms with Crippen molar-refractivity contribution < 1.29 is 0 Å². The maximum Gasteiger partial charge on any atom is 0.0172 e. The number of likely N-dealkylation sites (tertiary alicyclic amines) is 1. The summed E-state index contributed by atoms with van der Waals surface area (Å²) in [5, 5.41) is 0.906. The molecule has 1 aliphatic rings. The highest BCUT2D eigenvalue weighted by atomic mass is 32.2. The van der Waals surface area contributed by atoms with Crippen LogP contribution in [0.1, 0.15) is 12.8 Å². The smallest absolute Gasteiger partial charge is 0.0172 e. The summed E-state index contributed by atoms with van der Waals surface area (Å²) >= 11 is 2.01. The Balaban J connectivity index is 2.23. The van der Waals surface area contributed by atoms with E-state index in [1.54, 1.807) is 0 Å². The Morgan fingerprint density at radius 3 is 2.78 bits per heavy atom. The molecule has 1 heterocycles. The van der Waals surface area contributed by atoms with Crippen molar-refractivity contribution in [1.29, 1.82) is 0 Å². The van der Waals surface area contributed by atoms with Crippen LogP contribution >= 0.6 is 11.8 Å². The van der Waals surface area contributed by atoms with E-state index in [2.05, 4.69) is 18.2 Å². The minimum absolute atomic E-state index is 0.906. The van der Waals surface area contributed by atoms with Gasteiger partial charge in [0.1, 0.15) is 0 Å². The van der Waals surface area contributed by atoms with Gasteiger partial charge in [-0.2, -0.15) is 11.8 Å². The summed E-state index contributed by atoms with van der Waals surface area (Å²) in [6.45, 7) is 2.60. The zero-order valence-electron chi connectivity index (χ0n) is 6.26. The van der Waals surface area contributed by atoms with Gasteiger partial charge in [0.2, 0.25) is 0 Å². The SMILES string of the molecule is CS[C@@H]1CCCN(C)C1. The lowest BCUT2D eigenvalue weighted by Gasteiger charge is -2.28. The summed E-state index contributed by atoms with van der Waals surface area (Å²) in [6.07, 6.45) is 5.03. The zero-order valence-corrected chi connectivity index (χ0v) is 7.08. The van der Waals surface area contributed by atoms with Gasteiger partial charge in [-0.25, -0.2) is 0 Å². The molecule has 0 aromatic carbocycles. The third-order valence-corrected chi connectivity index (χ3v) is 2.97. The quantitative estimate of drug-likeness (QED) is 0.549. The Hall–Kier alpha value is 0.310. The van der Waals surface area contributed by atoms with Crippen LogP contribution in [0.2, 0.25) is 0 Å². The molecular formula is C7H15NS. The number of piperidine rings is 1. The van der Waals surface area contributed by atoms with Gasteiger partial charge in [-0.15, -0.1) is 0 Å². The number of nitrogens with zero attached hydrogens (tertiary/aromatic N) is 1. The number of hydrogen-bond donors (Lipinski definition) is 0. The standard InChI is InChI=1S/C7H15NS/c1-8-5-3-4-7(6-8)9-2/h7H,3-6H2,1-2H3/t7-/m1/s1. The third-order valence-electron chi connectivity index (χ3n) is 1.91. The van der Waals surface area contributed by atoms with Crippen LogP contribution in [0, 0.1) is 0 Å². The molecule has 1 nitrogen and oxygen atoms in total. The molecule has 1 fully saturated rings. The van der Waals surface area contributed by atoms with Crippen LogP contribution in [-0.4, -0.2) is 36.5 Å². The van der Waals surface area contributed by atoms with Crippen molar-refractivity contribution in [3.05, 3.63) is 0 Å². The van der Waals surface area contributed by atoms with E-state index < -0.39 is 0 Å². The van der Waals surface area contributed by atoms with Crippen LogP contribution < -0.4 is 0 Å². The highest BCUT2D eigenvalue weighted by Crippen LogP contribution is 2.18. The monoisotopic (exact) mass is 145 g/mol. The van der Waals surface area contributed by atoms with Crippen LogP contribution in [-0.2, 0) is 0 Å². The van der Waals surface area contributed by atoms with Crippen molar-refractivity contribution in [3.63, 3.8) is 0 Å². The van der Waals surface area contributed by atoms with Gasteiger partial charge in [-0.3, -0.25) is 0 Å². The van der Waals surface area contributed by atoms with Gasteiger partial charge in [0, 0.05) is 11.8 Å². The lowest BCUT2D eigenvalue weighted by molar-refractivity contribution is 0.283. The fraction of sp³-hybridized carbons (Fsp3) is 1.00. The lowest BCUT2D eigenvalue weighted by Crippen LogP contribution is -2.33. The largest absolute Gasteiger partial charge is 0.305 e.